The van der Waals surface area contributed by atoms with Crippen molar-refractivity contribution in [3.63, 3.8) is 0 Å². The van der Waals surface area contributed by atoms with Crippen molar-refractivity contribution in [1.29, 1.82) is 0 Å². The number of hydrogen-bond donors (Lipinski definition) is 0. The summed E-state index contributed by atoms with van der Waals surface area (Å²) in [7, 11) is -2.79. The third-order valence-corrected chi connectivity index (χ3v) is 4.95. The second-order valence-electron chi connectivity index (χ2n) is 3.96. The molecular weight excluding hydrogens is 252 g/mol. The molecule has 0 aliphatic heterocycles. The molecule has 1 saturated carbocycles. The summed E-state index contributed by atoms with van der Waals surface area (Å²) >= 11 is 3.41. The fraction of sp³-hybridized carbons (Fsp3) is 1.00. The average molecular weight is 269 g/mol. The van der Waals surface area contributed by atoms with Gasteiger partial charge in [-0.05, 0) is 25.2 Å². The predicted molar refractivity (Wildman–Crippen MR) is 59.0 cm³/mol. The van der Waals surface area contributed by atoms with E-state index in [0.29, 0.717) is 5.92 Å². The molecule has 0 aromatic heterocycles. The van der Waals surface area contributed by atoms with Gasteiger partial charge >= 0.3 is 0 Å². The maximum Gasteiger partial charge on any atom is 0.150 e. The van der Waals surface area contributed by atoms with E-state index in [-0.39, 0.29) is 5.25 Å². The van der Waals surface area contributed by atoms with Crippen molar-refractivity contribution in [3.8, 4) is 0 Å². The maximum absolute atomic E-state index is 11.3. The van der Waals surface area contributed by atoms with E-state index < -0.39 is 9.84 Å². The lowest BCUT2D eigenvalue weighted by Crippen LogP contribution is -2.27. The molecule has 2 nitrogen and oxygen atoms in total. The van der Waals surface area contributed by atoms with Crippen molar-refractivity contribution < 1.29 is 8.42 Å². The first-order chi connectivity index (χ1) is 6.04. The Bertz CT molecular complexity index is 246. The molecule has 0 N–H and O–H groups in total. The second kappa shape index (κ2) is 4.78. The molecule has 1 rings (SSSR count). The topological polar surface area (TPSA) is 34.1 Å². The normalized spacial score (nSPS) is 30.3. The Labute approximate surface area is 89.1 Å². The summed E-state index contributed by atoms with van der Waals surface area (Å²) in [4.78, 5) is 0. The molecule has 0 heterocycles. The lowest BCUT2D eigenvalue weighted by atomic mass is 9.87. The quantitative estimate of drug-likeness (QED) is 0.737. The van der Waals surface area contributed by atoms with Gasteiger partial charge in [0, 0.05) is 11.6 Å². The van der Waals surface area contributed by atoms with Gasteiger partial charge in [0.05, 0.1) is 5.25 Å². The molecule has 0 saturated heterocycles. The van der Waals surface area contributed by atoms with Crippen molar-refractivity contribution in [2.45, 2.75) is 37.4 Å². The van der Waals surface area contributed by atoms with Crippen LogP contribution in [0.15, 0.2) is 0 Å². The minimum absolute atomic E-state index is 0.0645. The van der Waals surface area contributed by atoms with Crippen LogP contribution in [0, 0.1) is 5.92 Å². The maximum atomic E-state index is 11.3. The molecule has 0 bridgehead atoms. The molecule has 0 amide bonds. The molecule has 2 atom stereocenters. The zero-order valence-corrected chi connectivity index (χ0v) is 10.4. The molecule has 1 fully saturated rings. The summed E-state index contributed by atoms with van der Waals surface area (Å²) in [5, 5.41) is 0.930. The van der Waals surface area contributed by atoms with Gasteiger partial charge in [0.1, 0.15) is 9.84 Å². The molecule has 78 valence electrons. The molecule has 13 heavy (non-hydrogen) atoms. The highest BCUT2D eigenvalue weighted by atomic mass is 79.9. The molecule has 0 aromatic rings. The van der Waals surface area contributed by atoms with Crippen LogP contribution in [0.1, 0.15) is 32.1 Å². The Hall–Kier alpha value is 0.430. The van der Waals surface area contributed by atoms with Gasteiger partial charge in [0.2, 0.25) is 0 Å². The Morgan fingerprint density at radius 1 is 1.38 bits per heavy atom. The van der Waals surface area contributed by atoms with Gasteiger partial charge in [-0.2, -0.15) is 0 Å². The summed E-state index contributed by atoms with van der Waals surface area (Å²) in [5.41, 5.74) is 0. The summed E-state index contributed by atoms with van der Waals surface area (Å²) in [5.74, 6) is 0.618. The molecule has 4 heteroatoms. The number of halogens is 1. The third-order valence-electron chi connectivity index (χ3n) is 2.86. The predicted octanol–water partition coefficient (Wildman–Crippen LogP) is 2.37. The Morgan fingerprint density at radius 2 is 2.08 bits per heavy atom. The molecule has 1 aliphatic carbocycles. The third kappa shape index (κ3) is 3.58. The number of hydrogen-bond acceptors (Lipinski definition) is 2. The van der Waals surface area contributed by atoms with E-state index in [1.54, 1.807) is 0 Å². The first-order valence-corrected chi connectivity index (χ1v) is 7.86. The van der Waals surface area contributed by atoms with E-state index in [2.05, 4.69) is 15.9 Å². The molecule has 1 aliphatic rings. The molecule has 0 aromatic carbocycles. The van der Waals surface area contributed by atoms with Crippen LogP contribution in [-0.2, 0) is 9.84 Å². The van der Waals surface area contributed by atoms with Gasteiger partial charge in [-0.1, -0.05) is 28.8 Å². The monoisotopic (exact) mass is 268 g/mol. The van der Waals surface area contributed by atoms with Crippen molar-refractivity contribution in [2.75, 3.05) is 11.6 Å². The Balaban J connectivity index is 2.52. The van der Waals surface area contributed by atoms with E-state index >= 15 is 0 Å². The Morgan fingerprint density at radius 3 is 2.62 bits per heavy atom. The van der Waals surface area contributed by atoms with Gasteiger partial charge < -0.3 is 0 Å². The van der Waals surface area contributed by atoms with Crippen molar-refractivity contribution in [1.82, 2.24) is 0 Å². The minimum atomic E-state index is -2.79. The van der Waals surface area contributed by atoms with Gasteiger partial charge in [-0.25, -0.2) is 8.42 Å². The van der Waals surface area contributed by atoms with E-state index in [1.807, 2.05) is 0 Å². The summed E-state index contributed by atoms with van der Waals surface area (Å²) in [6.45, 7) is 0. The molecular formula is C9H17BrO2S. The fourth-order valence-electron chi connectivity index (χ4n) is 2.05. The van der Waals surface area contributed by atoms with E-state index in [4.69, 9.17) is 0 Å². The Kier molecular flexibility index (Phi) is 4.23. The highest BCUT2D eigenvalue weighted by molar-refractivity contribution is 9.09. The zero-order valence-electron chi connectivity index (χ0n) is 8.00. The molecule has 2 unspecified atom stereocenters. The lowest BCUT2D eigenvalue weighted by Gasteiger charge is -2.27. The van der Waals surface area contributed by atoms with E-state index in [9.17, 15) is 8.42 Å². The molecule has 0 spiro atoms. The minimum Gasteiger partial charge on any atom is -0.229 e. The van der Waals surface area contributed by atoms with Crippen molar-refractivity contribution in [3.05, 3.63) is 0 Å². The number of rotatable bonds is 3. The SMILES string of the molecule is CS(=O)(=O)C1CCCC(CCBr)C1. The van der Waals surface area contributed by atoms with Crippen LogP contribution in [0.25, 0.3) is 0 Å². The van der Waals surface area contributed by atoms with Crippen molar-refractivity contribution >= 4 is 25.8 Å². The van der Waals surface area contributed by atoms with Crippen LogP contribution >= 0.6 is 15.9 Å². The van der Waals surface area contributed by atoms with E-state index in [1.165, 1.54) is 12.7 Å². The van der Waals surface area contributed by atoms with Crippen LogP contribution in [0.5, 0.6) is 0 Å². The largest absolute Gasteiger partial charge is 0.229 e. The standard InChI is InChI=1S/C9H17BrO2S/c1-13(11,12)9-4-2-3-8(7-9)5-6-10/h8-9H,2-7H2,1H3. The second-order valence-corrected chi connectivity index (χ2v) is 7.08. The van der Waals surface area contributed by atoms with Gasteiger partial charge in [0.25, 0.3) is 0 Å². The first-order valence-electron chi connectivity index (χ1n) is 4.79. The lowest BCUT2D eigenvalue weighted by molar-refractivity contribution is 0.351. The van der Waals surface area contributed by atoms with Gasteiger partial charge in [-0.3, -0.25) is 0 Å². The van der Waals surface area contributed by atoms with Gasteiger partial charge in [-0.15, -0.1) is 0 Å². The highest BCUT2D eigenvalue weighted by Crippen LogP contribution is 2.30. The van der Waals surface area contributed by atoms with Crippen molar-refractivity contribution in [2.24, 2.45) is 5.92 Å². The average Bonchev–Trinajstić information content (AvgIpc) is 2.04. The fourth-order valence-corrected chi connectivity index (χ4v) is 3.91. The van der Waals surface area contributed by atoms with Crippen LogP contribution in [0.4, 0.5) is 0 Å². The number of sulfone groups is 1. The summed E-state index contributed by atoms with van der Waals surface area (Å²) in [6.07, 6.45) is 6.52. The summed E-state index contributed by atoms with van der Waals surface area (Å²) < 4.78 is 22.6. The van der Waals surface area contributed by atoms with Crippen LogP contribution in [0.2, 0.25) is 0 Å². The van der Waals surface area contributed by atoms with Gasteiger partial charge in [0.15, 0.2) is 0 Å². The van der Waals surface area contributed by atoms with Crippen LogP contribution in [0.3, 0.4) is 0 Å². The van der Waals surface area contributed by atoms with Crippen LogP contribution in [-0.4, -0.2) is 25.3 Å². The summed E-state index contributed by atoms with van der Waals surface area (Å²) in [6, 6.07) is 0. The first kappa shape index (κ1) is 11.5. The smallest absolute Gasteiger partial charge is 0.150 e. The molecule has 0 radical (unpaired) electrons. The number of alkyl halides is 1. The van der Waals surface area contributed by atoms with Crippen LogP contribution < -0.4 is 0 Å². The van der Waals surface area contributed by atoms with E-state index in [0.717, 1.165) is 31.0 Å². The zero-order chi connectivity index (χ0) is 9.90. The highest BCUT2D eigenvalue weighted by Gasteiger charge is 2.28.